The fraction of sp³-hybridized carbons (Fsp3) is 0.353. The van der Waals surface area contributed by atoms with Gasteiger partial charge in [-0.2, -0.15) is 0 Å². The second kappa shape index (κ2) is 4.68. The minimum atomic E-state index is -0.276. The van der Waals surface area contributed by atoms with E-state index >= 15 is 0 Å². The molecule has 3 heterocycles. The third-order valence-electron chi connectivity index (χ3n) is 4.76. The van der Waals surface area contributed by atoms with E-state index in [1.807, 2.05) is 17.0 Å². The van der Waals surface area contributed by atoms with E-state index in [4.69, 9.17) is 12.2 Å². The molecule has 1 N–H and O–H groups in total. The third-order valence-corrected chi connectivity index (χ3v) is 6.00. The van der Waals surface area contributed by atoms with Gasteiger partial charge in [-0.1, -0.05) is 49.1 Å². The van der Waals surface area contributed by atoms with Crippen LogP contribution in [-0.4, -0.2) is 21.7 Å². The summed E-state index contributed by atoms with van der Waals surface area (Å²) in [6.07, 6.45) is 0.898. The van der Waals surface area contributed by atoms with E-state index in [-0.39, 0.29) is 17.4 Å². The van der Waals surface area contributed by atoms with Crippen LogP contribution in [0.15, 0.2) is 23.1 Å². The van der Waals surface area contributed by atoms with E-state index in [0.29, 0.717) is 20.7 Å². The molecule has 0 radical (unpaired) electrons. The van der Waals surface area contributed by atoms with Gasteiger partial charge in [-0.15, -0.1) is 0 Å². The zero-order chi connectivity index (χ0) is 16.5. The average Bonchev–Trinajstić information content (AvgIpc) is 2.93. The maximum Gasteiger partial charge on any atom is 0.264 e. The normalized spacial score (nSPS) is 28.2. The van der Waals surface area contributed by atoms with Crippen LogP contribution in [0.4, 0.5) is 5.69 Å². The van der Waals surface area contributed by atoms with Crippen molar-refractivity contribution in [1.82, 2.24) is 5.32 Å². The second-order valence-electron chi connectivity index (χ2n) is 6.85. The Bertz CT molecular complexity index is 826. The maximum atomic E-state index is 13.2. The number of thiocarbonyl (C=S) groups is 1. The Morgan fingerprint density at radius 2 is 2.09 bits per heavy atom. The number of benzene rings is 1. The van der Waals surface area contributed by atoms with Crippen molar-refractivity contribution in [3.05, 3.63) is 34.2 Å². The van der Waals surface area contributed by atoms with Gasteiger partial charge in [0.15, 0.2) is 0 Å². The van der Waals surface area contributed by atoms with E-state index < -0.39 is 0 Å². The molecule has 1 fully saturated rings. The topological polar surface area (TPSA) is 49.4 Å². The van der Waals surface area contributed by atoms with Gasteiger partial charge in [-0.3, -0.25) is 9.59 Å². The first-order valence-electron chi connectivity index (χ1n) is 7.56. The average molecular weight is 344 g/mol. The predicted octanol–water partition coefficient (Wildman–Crippen LogP) is 3.18. The molecule has 0 unspecified atom stereocenters. The van der Waals surface area contributed by atoms with Crippen molar-refractivity contribution in [3.63, 3.8) is 0 Å². The highest BCUT2D eigenvalue weighted by Crippen LogP contribution is 2.53. The third kappa shape index (κ3) is 1.94. The molecule has 0 spiro atoms. The quantitative estimate of drug-likeness (QED) is 0.580. The van der Waals surface area contributed by atoms with Crippen molar-refractivity contribution >= 4 is 51.4 Å². The first-order valence-corrected chi connectivity index (χ1v) is 8.79. The number of hydrogen-bond donors (Lipinski definition) is 1. The smallest absolute Gasteiger partial charge is 0.264 e. The molecule has 0 bridgehead atoms. The van der Waals surface area contributed by atoms with Crippen molar-refractivity contribution in [2.24, 2.45) is 0 Å². The minimum Gasteiger partial charge on any atom is -0.307 e. The molecule has 0 saturated carbocycles. The van der Waals surface area contributed by atoms with Gasteiger partial charge in [0.1, 0.15) is 4.32 Å². The molecule has 1 atom stereocenters. The van der Waals surface area contributed by atoms with Crippen LogP contribution in [0.3, 0.4) is 0 Å². The van der Waals surface area contributed by atoms with Gasteiger partial charge in [-0.05, 0) is 31.7 Å². The number of para-hydroxylation sites is 1. The van der Waals surface area contributed by atoms with E-state index in [1.54, 1.807) is 0 Å². The molecular weight excluding hydrogens is 328 g/mol. The summed E-state index contributed by atoms with van der Waals surface area (Å²) in [6.45, 7) is 6.36. The highest BCUT2D eigenvalue weighted by molar-refractivity contribution is 8.27. The lowest BCUT2D eigenvalue weighted by Gasteiger charge is -2.43. The summed E-state index contributed by atoms with van der Waals surface area (Å²) in [5.41, 5.74) is 3.22. The second-order valence-corrected chi connectivity index (χ2v) is 8.54. The van der Waals surface area contributed by atoms with Gasteiger partial charge < -0.3 is 10.2 Å². The van der Waals surface area contributed by atoms with Crippen molar-refractivity contribution in [1.29, 1.82) is 0 Å². The molecule has 2 amide bonds. The Hall–Kier alpha value is -1.66. The van der Waals surface area contributed by atoms with E-state index in [1.165, 1.54) is 17.3 Å². The maximum absolute atomic E-state index is 13.2. The largest absolute Gasteiger partial charge is 0.307 e. The van der Waals surface area contributed by atoms with E-state index in [9.17, 15) is 9.59 Å². The summed E-state index contributed by atoms with van der Waals surface area (Å²) < 4.78 is 0.406. The first kappa shape index (κ1) is 14.9. The molecule has 0 aromatic heterocycles. The molecule has 1 aromatic carbocycles. The summed E-state index contributed by atoms with van der Waals surface area (Å²) >= 11 is 6.26. The standard InChI is InChI=1S/C17H16N2O2S2/c1-8-7-17(2,3)19-12-9(8)5-4-6-10(12)11(15(19)21)13-14(20)18-16(22)23-13/h4-6,8H,7H2,1-3H3,(H,18,20,22)/b13-11-/t8-/m0/s1. The Morgan fingerprint density at radius 3 is 2.74 bits per heavy atom. The van der Waals surface area contributed by atoms with Crippen molar-refractivity contribution in [2.45, 2.75) is 38.6 Å². The zero-order valence-electron chi connectivity index (χ0n) is 13.1. The lowest BCUT2D eigenvalue weighted by atomic mass is 9.80. The van der Waals surface area contributed by atoms with Crippen molar-refractivity contribution in [3.8, 4) is 0 Å². The summed E-state index contributed by atoms with van der Waals surface area (Å²) in [6, 6.07) is 5.98. The van der Waals surface area contributed by atoms with Crippen LogP contribution in [0.5, 0.6) is 0 Å². The van der Waals surface area contributed by atoms with Crippen LogP contribution >= 0.6 is 24.0 Å². The number of carbonyl (C=O) groups excluding carboxylic acids is 2. The van der Waals surface area contributed by atoms with Crippen molar-refractivity contribution in [2.75, 3.05) is 4.90 Å². The van der Waals surface area contributed by atoms with Gasteiger partial charge in [0, 0.05) is 11.1 Å². The molecule has 3 aliphatic rings. The van der Waals surface area contributed by atoms with Gasteiger partial charge >= 0.3 is 0 Å². The molecule has 23 heavy (non-hydrogen) atoms. The van der Waals surface area contributed by atoms with Gasteiger partial charge in [0.05, 0.1) is 16.2 Å². The number of rotatable bonds is 0. The van der Waals surface area contributed by atoms with Crippen LogP contribution in [0.2, 0.25) is 0 Å². The molecule has 118 valence electrons. The zero-order valence-corrected chi connectivity index (χ0v) is 14.7. The first-order chi connectivity index (χ1) is 10.8. The number of thioether (sulfide) groups is 1. The molecule has 3 aliphatic heterocycles. The summed E-state index contributed by atoms with van der Waals surface area (Å²) in [7, 11) is 0. The lowest BCUT2D eigenvalue weighted by molar-refractivity contribution is -0.116. The number of amides is 2. The molecule has 4 nitrogen and oxygen atoms in total. The minimum absolute atomic E-state index is 0.0910. The molecule has 0 aliphatic carbocycles. The van der Waals surface area contributed by atoms with Gasteiger partial charge in [0.25, 0.3) is 11.8 Å². The highest BCUT2D eigenvalue weighted by Gasteiger charge is 2.49. The monoisotopic (exact) mass is 344 g/mol. The van der Waals surface area contributed by atoms with Crippen LogP contribution in [0.1, 0.15) is 44.2 Å². The van der Waals surface area contributed by atoms with Crippen LogP contribution in [0, 0.1) is 0 Å². The van der Waals surface area contributed by atoms with E-state index in [2.05, 4.69) is 32.2 Å². The number of nitrogens with zero attached hydrogens (tertiary/aromatic N) is 1. The fourth-order valence-corrected chi connectivity index (χ4v) is 5.08. The van der Waals surface area contributed by atoms with Crippen LogP contribution in [0.25, 0.3) is 5.57 Å². The number of carbonyl (C=O) groups is 2. The van der Waals surface area contributed by atoms with Crippen LogP contribution < -0.4 is 10.2 Å². The van der Waals surface area contributed by atoms with Gasteiger partial charge in [-0.25, -0.2) is 0 Å². The Balaban J connectivity index is 2.03. The Labute approximate surface area is 144 Å². The molecule has 6 heteroatoms. The Morgan fingerprint density at radius 1 is 1.35 bits per heavy atom. The van der Waals surface area contributed by atoms with E-state index in [0.717, 1.165) is 17.7 Å². The molecule has 1 aromatic rings. The highest BCUT2D eigenvalue weighted by atomic mass is 32.2. The molecule has 4 rings (SSSR count). The van der Waals surface area contributed by atoms with Crippen molar-refractivity contribution < 1.29 is 9.59 Å². The lowest BCUT2D eigenvalue weighted by Crippen LogP contribution is -2.49. The SMILES string of the molecule is C[C@H]1CC(C)(C)N2C(=O)/C(=C3\SC(=S)NC3=O)c3cccc1c32. The predicted molar refractivity (Wildman–Crippen MR) is 96.3 cm³/mol. The van der Waals surface area contributed by atoms with Crippen LogP contribution in [-0.2, 0) is 9.59 Å². The number of anilines is 1. The summed E-state index contributed by atoms with van der Waals surface area (Å²) in [5, 5.41) is 2.61. The number of hydrogen-bond acceptors (Lipinski definition) is 4. The Kier molecular flexibility index (Phi) is 3.03. The summed E-state index contributed by atoms with van der Waals surface area (Å²) in [5.74, 6) is 0.0119. The molecule has 1 saturated heterocycles. The number of nitrogens with one attached hydrogen (secondary N) is 1. The summed E-state index contributed by atoms with van der Waals surface area (Å²) in [4.78, 5) is 27.7. The van der Waals surface area contributed by atoms with Gasteiger partial charge in [0.2, 0.25) is 0 Å². The molecular formula is C17H16N2O2S2. The fourth-order valence-electron chi connectivity index (χ4n) is 3.97.